The van der Waals surface area contributed by atoms with E-state index < -0.39 is 11.9 Å². The maximum absolute atomic E-state index is 12.3. The SMILES string of the molecule is CCOC(=O)c1sc(NC(=O)/C=C/c2ccc(OC)cc2OC)c(C#N)c1C. The second-order valence-electron chi connectivity index (χ2n) is 5.52. The highest BCUT2D eigenvalue weighted by Gasteiger charge is 2.21. The third kappa shape index (κ3) is 4.69. The lowest BCUT2D eigenvalue weighted by atomic mass is 10.1. The summed E-state index contributed by atoms with van der Waals surface area (Å²) in [6.07, 6.45) is 2.91. The number of amides is 1. The number of hydrogen-bond acceptors (Lipinski definition) is 7. The average molecular weight is 400 g/mol. The molecular formula is C20H20N2O5S. The van der Waals surface area contributed by atoms with Gasteiger partial charge in [0.25, 0.3) is 0 Å². The van der Waals surface area contributed by atoms with Gasteiger partial charge in [0.05, 0.1) is 26.4 Å². The highest BCUT2D eigenvalue weighted by Crippen LogP contribution is 2.33. The molecule has 0 unspecified atom stereocenters. The van der Waals surface area contributed by atoms with E-state index in [0.717, 1.165) is 11.3 Å². The second-order valence-corrected chi connectivity index (χ2v) is 6.54. The molecule has 2 rings (SSSR count). The molecule has 28 heavy (non-hydrogen) atoms. The van der Waals surface area contributed by atoms with Crippen LogP contribution >= 0.6 is 11.3 Å². The molecule has 0 spiro atoms. The summed E-state index contributed by atoms with van der Waals surface area (Å²) in [6.45, 7) is 3.58. The van der Waals surface area contributed by atoms with Crippen LogP contribution in [0.25, 0.3) is 6.08 Å². The Morgan fingerprint density at radius 3 is 2.64 bits per heavy atom. The Morgan fingerprint density at radius 1 is 1.29 bits per heavy atom. The predicted molar refractivity (Wildman–Crippen MR) is 107 cm³/mol. The first-order chi connectivity index (χ1) is 13.4. The molecule has 0 atom stereocenters. The van der Waals surface area contributed by atoms with Crippen LogP contribution in [-0.2, 0) is 9.53 Å². The van der Waals surface area contributed by atoms with Crippen LogP contribution in [0.15, 0.2) is 24.3 Å². The zero-order chi connectivity index (χ0) is 20.7. The van der Waals surface area contributed by atoms with Gasteiger partial charge in [-0.05, 0) is 37.6 Å². The van der Waals surface area contributed by atoms with E-state index in [4.69, 9.17) is 14.2 Å². The standard InChI is InChI=1S/C20H20N2O5S/c1-5-27-20(24)18-12(2)15(11-21)19(28-18)22-17(23)9-7-13-6-8-14(25-3)10-16(13)26-4/h6-10H,5H2,1-4H3,(H,22,23)/b9-7+. The highest BCUT2D eigenvalue weighted by atomic mass is 32.1. The summed E-state index contributed by atoms with van der Waals surface area (Å²) in [7, 11) is 3.08. The molecule has 8 heteroatoms. The van der Waals surface area contributed by atoms with Crippen LogP contribution in [0.4, 0.5) is 5.00 Å². The van der Waals surface area contributed by atoms with Crippen molar-refractivity contribution in [2.24, 2.45) is 0 Å². The van der Waals surface area contributed by atoms with E-state index in [0.29, 0.717) is 32.5 Å². The van der Waals surface area contributed by atoms with E-state index in [2.05, 4.69) is 5.32 Å². The Bertz CT molecular complexity index is 956. The molecule has 0 saturated heterocycles. The van der Waals surface area contributed by atoms with Gasteiger partial charge in [0.1, 0.15) is 27.4 Å². The molecule has 0 aliphatic rings. The minimum atomic E-state index is -0.513. The fourth-order valence-corrected chi connectivity index (χ4v) is 3.46. The molecule has 2 aromatic rings. The van der Waals surface area contributed by atoms with E-state index in [1.165, 1.54) is 13.2 Å². The van der Waals surface area contributed by atoms with E-state index in [1.54, 1.807) is 45.2 Å². The number of nitrogens with zero attached hydrogens (tertiary/aromatic N) is 1. The largest absolute Gasteiger partial charge is 0.497 e. The Kier molecular flexibility index (Phi) is 7.18. The van der Waals surface area contributed by atoms with E-state index in [-0.39, 0.29) is 12.2 Å². The third-order valence-electron chi connectivity index (χ3n) is 3.81. The number of methoxy groups -OCH3 is 2. The van der Waals surface area contributed by atoms with Crippen LogP contribution in [0.2, 0.25) is 0 Å². The van der Waals surface area contributed by atoms with Crippen LogP contribution in [0.5, 0.6) is 11.5 Å². The van der Waals surface area contributed by atoms with Crippen LogP contribution in [0.1, 0.15) is 33.3 Å². The first-order valence-electron chi connectivity index (χ1n) is 8.36. The van der Waals surface area contributed by atoms with Crippen molar-refractivity contribution in [3.8, 4) is 17.6 Å². The van der Waals surface area contributed by atoms with Gasteiger partial charge in [-0.25, -0.2) is 4.79 Å². The number of esters is 1. The minimum absolute atomic E-state index is 0.228. The van der Waals surface area contributed by atoms with Crippen LogP contribution in [0.3, 0.4) is 0 Å². The lowest BCUT2D eigenvalue weighted by molar-refractivity contribution is -0.111. The lowest BCUT2D eigenvalue weighted by Gasteiger charge is -2.07. The number of carbonyl (C=O) groups excluding carboxylic acids is 2. The number of thiophene rings is 1. The molecule has 1 amide bonds. The summed E-state index contributed by atoms with van der Waals surface area (Å²) in [5.41, 5.74) is 1.42. The Balaban J connectivity index is 2.22. The van der Waals surface area contributed by atoms with Crippen LogP contribution < -0.4 is 14.8 Å². The number of ether oxygens (including phenoxy) is 3. The fourth-order valence-electron chi connectivity index (χ4n) is 2.40. The molecule has 0 aliphatic heterocycles. The van der Waals surface area contributed by atoms with E-state index in [1.807, 2.05) is 6.07 Å². The van der Waals surface area contributed by atoms with Crippen molar-refractivity contribution in [2.75, 3.05) is 26.1 Å². The molecule has 1 aromatic carbocycles. The van der Waals surface area contributed by atoms with E-state index >= 15 is 0 Å². The van der Waals surface area contributed by atoms with Crippen molar-refractivity contribution in [3.63, 3.8) is 0 Å². The Labute approximate surface area is 167 Å². The van der Waals surface area contributed by atoms with Gasteiger partial charge in [0, 0.05) is 17.7 Å². The number of nitrogens with one attached hydrogen (secondary N) is 1. The monoisotopic (exact) mass is 400 g/mol. The highest BCUT2D eigenvalue weighted by molar-refractivity contribution is 7.18. The Hall–Kier alpha value is -3.31. The van der Waals surface area contributed by atoms with Crippen molar-refractivity contribution >= 4 is 34.3 Å². The van der Waals surface area contributed by atoms with Gasteiger partial charge in [-0.3, -0.25) is 4.79 Å². The normalized spacial score (nSPS) is 10.4. The Morgan fingerprint density at radius 2 is 2.04 bits per heavy atom. The van der Waals surface area contributed by atoms with Gasteiger partial charge >= 0.3 is 5.97 Å². The smallest absolute Gasteiger partial charge is 0.348 e. The predicted octanol–water partition coefficient (Wildman–Crippen LogP) is 3.77. The average Bonchev–Trinajstić information content (AvgIpc) is 3.01. The number of anilines is 1. The van der Waals surface area contributed by atoms with Gasteiger partial charge in [0.15, 0.2) is 0 Å². The number of nitriles is 1. The van der Waals surface area contributed by atoms with Crippen LogP contribution in [-0.4, -0.2) is 32.7 Å². The molecule has 0 saturated carbocycles. The summed E-state index contributed by atoms with van der Waals surface area (Å²) in [5, 5.41) is 12.3. The lowest BCUT2D eigenvalue weighted by Crippen LogP contribution is -2.07. The third-order valence-corrected chi connectivity index (χ3v) is 5.00. The molecule has 0 radical (unpaired) electrons. The summed E-state index contributed by atoms with van der Waals surface area (Å²) in [6, 6.07) is 7.24. The molecule has 0 bridgehead atoms. The summed E-state index contributed by atoms with van der Waals surface area (Å²) in [5.74, 6) is 0.238. The van der Waals surface area contributed by atoms with Crippen molar-refractivity contribution in [2.45, 2.75) is 13.8 Å². The quantitative estimate of drug-likeness (QED) is 0.561. The maximum Gasteiger partial charge on any atom is 0.348 e. The zero-order valence-corrected chi connectivity index (χ0v) is 16.8. The summed E-state index contributed by atoms with van der Waals surface area (Å²) < 4.78 is 15.4. The maximum atomic E-state index is 12.3. The molecule has 7 nitrogen and oxygen atoms in total. The zero-order valence-electron chi connectivity index (χ0n) is 16.0. The van der Waals surface area contributed by atoms with Crippen molar-refractivity contribution < 1.29 is 23.8 Å². The first-order valence-corrected chi connectivity index (χ1v) is 9.18. The molecule has 0 fully saturated rings. The van der Waals surface area contributed by atoms with Gasteiger partial charge in [-0.15, -0.1) is 11.3 Å². The van der Waals surface area contributed by atoms with Crippen molar-refractivity contribution in [1.82, 2.24) is 0 Å². The molecular weight excluding hydrogens is 380 g/mol. The van der Waals surface area contributed by atoms with Crippen molar-refractivity contribution in [1.29, 1.82) is 5.26 Å². The minimum Gasteiger partial charge on any atom is -0.497 e. The number of benzene rings is 1. The number of carbonyl (C=O) groups is 2. The summed E-state index contributed by atoms with van der Waals surface area (Å²) in [4.78, 5) is 24.6. The molecule has 1 heterocycles. The van der Waals surface area contributed by atoms with Gasteiger partial charge in [-0.1, -0.05) is 0 Å². The summed E-state index contributed by atoms with van der Waals surface area (Å²) >= 11 is 1.02. The topological polar surface area (TPSA) is 97.7 Å². The molecule has 0 aliphatic carbocycles. The molecule has 146 valence electrons. The number of hydrogen-bond donors (Lipinski definition) is 1. The van der Waals surface area contributed by atoms with Gasteiger partial charge in [-0.2, -0.15) is 5.26 Å². The number of rotatable bonds is 7. The van der Waals surface area contributed by atoms with Crippen molar-refractivity contribution in [3.05, 3.63) is 45.8 Å². The van der Waals surface area contributed by atoms with Gasteiger partial charge in [0.2, 0.25) is 5.91 Å². The first kappa shape index (κ1) is 21.0. The molecule has 1 N–H and O–H groups in total. The van der Waals surface area contributed by atoms with E-state index in [9.17, 15) is 14.9 Å². The van der Waals surface area contributed by atoms with Crippen LogP contribution in [0, 0.1) is 18.3 Å². The second kappa shape index (κ2) is 9.58. The molecule has 1 aromatic heterocycles. The van der Waals surface area contributed by atoms with Gasteiger partial charge < -0.3 is 19.5 Å². The fraction of sp³-hybridized carbons (Fsp3) is 0.250.